The van der Waals surface area contributed by atoms with Gasteiger partial charge in [-0.1, -0.05) is 19.9 Å². The Morgan fingerprint density at radius 3 is 2.57 bits per heavy atom. The van der Waals surface area contributed by atoms with Crippen LogP contribution >= 0.6 is 0 Å². The zero-order valence-corrected chi connectivity index (χ0v) is 13.9. The van der Waals surface area contributed by atoms with E-state index in [-0.39, 0.29) is 17.4 Å². The average molecular weight is 327 g/mol. The van der Waals surface area contributed by atoms with E-state index in [1.54, 1.807) is 37.1 Å². The molecule has 6 heteroatoms. The molecule has 23 heavy (non-hydrogen) atoms. The number of carbonyl (C=O) groups is 1. The van der Waals surface area contributed by atoms with Crippen LogP contribution in [0.25, 0.3) is 6.08 Å². The molecule has 1 aromatic rings. The standard InChI is InChI=1S/C17H23F2NO3/c1-5-22-15-10-13(6-8-14(15)23-17(18)19)7-9-16(21)20(4)11-12(2)3/h6-10,12,17H,5,11H2,1-4H3/b9-7-. The second-order valence-corrected chi connectivity index (χ2v) is 5.46. The van der Waals surface area contributed by atoms with Crippen LogP contribution in [-0.2, 0) is 4.79 Å². The molecule has 0 radical (unpaired) electrons. The van der Waals surface area contributed by atoms with Crippen molar-refractivity contribution in [2.75, 3.05) is 20.2 Å². The summed E-state index contributed by atoms with van der Waals surface area (Å²) in [5.41, 5.74) is 0.668. The maximum absolute atomic E-state index is 12.3. The van der Waals surface area contributed by atoms with Crippen LogP contribution in [0, 0.1) is 5.92 Å². The van der Waals surface area contributed by atoms with E-state index in [9.17, 15) is 13.6 Å². The van der Waals surface area contributed by atoms with Gasteiger partial charge >= 0.3 is 6.61 Å². The highest BCUT2D eigenvalue weighted by atomic mass is 19.3. The molecule has 0 saturated carbocycles. The minimum Gasteiger partial charge on any atom is -0.490 e. The Labute approximate surface area is 135 Å². The normalized spacial score (nSPS) is 11.3. The number of hydrogen-bond acceptors (Lipinski definition) is 3. The molecule has 0 unspecified atom stereocenters. The van der Waals surface area contributed by atoms with Crippen molar-refractivity contribution >= 4 is 12.0 Å². The molecule has 0 fully saturated rings. The molecule has 0 aromatic heterocycles. The molecule has 1 amide bonds. The second-order valence-electron chi connectivity index (χ2n) is 5.46. The maximum Gasteiger partial charge on any atom is 0.387 e. The van der Waals surface area contributed by atoms with Crippen LogP contribution in [0.2, 0.25) is 0 Å². The number of benzene rings is 1. The molecule has 4 nitrogen and oxygen atoms in total. The summed E-state index contributed by atoms with van der Waals surface area (Å²) in [6.45, 7) is 3.88. The van der Waals surface area contributed by atoms with Crippen molar-refractivity contribution in [3.8, 4) is 11.5 Å². The van der Waals surface area contributed by atoms with Gasteiger partial charge in [0.1, 0.15) is 0 Å². The summed E-state index contributed by atoms with van der Waals surface area (Å²) in [5, 5.41) is 0. The third-order valence-corrected chi connectivity index (χ3v) is 2.92. The Hall–Kier alpha value is -2.11. The highest BCUT2D eigenvalue weighted by Crippen LogP contribution is 2.30. The van der Waals surface area contributed by atoms with Gasteiger partial charge in [0.15, 0.2) is 11.5 Å². The monoisotopic (exact) mass is 327 g/mol. The van der Waals surface area contributed by atoms with Gasteiger partial charge in [0.05, 0.1) is 6.61 Å². The summed E-state index contributed by atoms with van der Waals surface area (Å²) in [5.74, 6) is 0.456. The third-order valence-electron chi connectivity index (χ3n) is 2.92. The molecule has 0 aliphatic heterocycles. The van der Waals surface area contributed by atoms with Gasteiger partial charge in [0.2, 0.25) is 5.91 Å². The summed E-state index contributed by atoms with van der Waals surface area (Å²) >= 11 is 0. The number of likely N-dealkylation sites (N-methyl/N-ethyl adjacent to an activating group) is 1. The van der Waals surface area contributed by atoms with Gasteiger partial charge in [-0.15, -0.1) is 0 Å². The van der Waals surface area contributed by atoms with Crippen LogP contribution in [-0.4, -0.2) is 37.6 Å². The first-order chi connectivity index (χ1) is 10.8. The topological polar surface area (TPSA) is 38.8 Å². The van der Waals surface area contributed by atoms with Crippen molar-refractivity contribution < 1.29 is 23.0 Å². The minimum absolute atomic E-state index is 0.0257. The van der Waals surface area contributed by atoms with Crippen molar-refractivity contribution in [1.29, 1.82) is 0 Å². The number of ether oxygens (including phenoxy) is 2. The number of rotatable bonds is 8. The highest BCUT2D eigenvalue weighted by Gasteiger charge is 2.11. The van der Waals surface area contributed by atoms with E-state index in [1.807, 2.05) is 13.8 Å². The minimum atomic E-state index is -2.91. The first kappa shape index (κ1) is 18.9. The van der Waals surface area contributed by atoms with Gasteiger partial charge in [-0.3, -0.25) is 4.79 Å². The fraction of sp³-hybridized carbons (Fsp3) is 0.471. The van der Waals surface area contributed by atoms with Crippen LogP contribution in [0.3, 0.4) is 0 Å². The lowest BCUT2D eigenvalue weighted by molar-refractivity contribution is -0.125. The lowest BCUT2D eigenvalue weighted by atomic mass is 10.1. The van der Waals surface area contributed by atoms with Gasteiger partial charge in [0, 0.05) is 19.7 Å². The van der Waals surface area contributed by atoms with E-state index in [4.69, 9.17) is 4.74 Å². The lowest BCUT2D eigenvalue weighted by Crippen LogP contribution is -2.28. The van der Waals surface area contributed by atoms with Crippen molar-refractivity contribution in [3.05, 3.63) is 29.8 Å². The Morgan fingerprint density at radius 1 is 1.30 bits per heavy atom. The number of nitrogens with zero attached hydrogens (tertiary/aromatic N) is 1. The van der Waals surface area contributed by atoms with Crippen molar-refractivity contribution in [2.24, 2.45) is 5.92 Å². The molecular weight excluding hydrogens is 304 g/mol. The Kier molecular flexibility index (Phi) is 7.51. The first-order valence-electron chi connectivity index (χ1n) is 7.48. The predicted octanol–water partition coefficient (Wildman–Crippen LogP) is 3.81. The fourth-order valence-electron chi connectivity index (χ4n) is 2.02. The van der Waals surface area contributed by atoms with Gasteiger partial charge in [-0.25, -0.2) is 0 Å². The zero-order valence-electron chi connectivity index (χ0n) is 13.9. The van der Waals surface area contributed by atoms with E-state index < -0.39 is 6.61 Å². The molecule has 128 valence electrons. The van der Waals surface area contributed by atoms with Crippen LogP contribution in [0.15, 0.2) is 24.3 Å². The molecule has 0 bridgehead atoms. The summed E-state index contributed by atoms with van der Waals surface area (Å²) < 4.78 is 34.4. The van der Waals surface area contributed by atoms with E-state index in [0.717, 1.165) is 0 Å². The molecule has 1 rings (SSSR count). The molecule has 0 heterocycles. The first-order valence-corrected chi connectivity index (χ1v) is 7.48. The van der Waals surface area contributed by atoms with Gasteiger partial charge < -0.3 is 14.4 Å². The van der Waals surface area contributed by atoms with Crippen LogP contribution in [0.1, 0.15) is 26.3 Å². The van der Waals surface area contributed by atoms with E-state index in [1.165, 1.54) is 12.1 Å². The number of alkyl halides is 2. The Bertz CT molecular complexity index is 545. The molecule has 0 saturated heterocycles. The smallest absolute Gasteiger partial charge is 0.387 e. The average Bonchev–Trinajstić information content (AvgIpc) is 2.46. The van der Waals surface area contributed by atoms with Crippen molar-refractivity contribution in [1.82, 2.24) is 4.90 Å². The Balaban J connectivity index is 2.86. The molecule has 0 aliphatic rings. The quantitative estimate of drug-likeness (QED) is 0.682. The van der Waals surface area contributed by atoms with E-state index in [2.05, 4.69) is 4.74 Å². The fourth-order valence-corrected chi connectivity index (χ4v) is 2.02. The molecule has 0 aliphatic carbocycles. The van der Waals surface area contributed by atoms with Gasteiger partial charge in [0.25, 0.3) is 0 Å². The predicted molar refractivity (Wildman–Crippen MR) is 85.8 cm³/mol. The third kappa shape index (κ3) is 6.67. The van der Waals surface area contributed by atoms with E-state index in [0.29, 0.717) is 24.6 Å². The van der Waals surface area contributed by atoms with Gasteiger partial charge in [-0.05, 0) is 36.6 Å². The second kappa shape index (κ2) is 9.12. The summed E-state index contributed by atoms with van der Waals surface area (Å²) in [6.07, 6.45) is 3.06. The molecule has 0 atom stereocenters. The highest BCUT2D eigenvalue weighted by molar-refractivity contribution is 5.91. The summed E-state index contributed by atoms with van der Waals surface area (Å²) in [4.78, 5) is 13.6. The number of amides is 1. The largest absolute Gasteiger partial charge is 0.490 e. The molecule has 1 aromatic carbocycles. The summed E-state index contributed by atoms with van der Waals surface area (Å²) in [6, 6.07) is 4.55. The number of carbonyl (C=O) groups excluding carboxylic acids is 1. The Morgan fingerprint density at radius 2 is 2.00 bits per heavy atom. The van der Waals surface area contributed by atoms with Crippen LogP contribution < -0.4 is 9.47 Å². The van der Waals surface area contributed by atoms with Crippen LogP contribution in [0.4, 0.5) is 8.78 Å². The lowest BCUT2D eigenvalue weighted by Gasteiger charge is -2.17. The number of halogens is 2. The SMILES string of the molecule is CCOc1cc(/C=C\C(=O)N(C)CC(C)C)ccc1OC(F)F. The molecule has 0 spiro atoms. The van der Waals surface area contributed by atoms with Crippen LogP contribution in [0.5, 0.6) is 11.5 Å². The maximum atomic E-state index is 12.3. The van der Waals surface area contributed by atoms with Crippen molar-refractivity contribution in [2.45, 2.75) is 27.4 Å². The van der Waals surface area contributed by atoms with E-state index >= 15 is 0 Å². The summed E-state index contributed by atoms with van der Waals surface area (Å²) in [7, 11) is 1.73. The molecular formula is C17H23F2NO3. The number of hydrogen-bond donors (Lipinski definition) is 0. The van der Waals surface area contributed by atoms with Crippen molar-refractivity contribution in [3.63, 3.8) is 0 Å². The zero-order chi connectivity index (χ0) is 17.4. The van der Waals surface area contributed by atoms with Gasteiger partial charge in [-0.2, -0.15) is 8.78 Å². The molecule has 0 N–H and O–H groups in total.